The maximum Gasteiger partial charge on any atom is 0.134 e. The molecular weight excluding hydrogens is 190 g/mol. The number of carbonyl (C=O) groups is 1. The van der Waals surface area contributed by atoms with Crippen LogP contribution in [0.4, 0.5) is 0 Å². The van der Waals surface area contributed by atoms with E-state index in [1.165, 1.54) is 0 Å². The van der Waals surface area contributed by atoms with Crippen LogP contribution in [-0.2, 0) is 9.53 Å². The Balaban J connectivity index is 2.50. The van der Waals surface area contributed by atoms with E-state index in [-0.39, 0.29) is 0 Å². The number of hydrogen-bond donors (Lipinski definition) is 0. The monoisotopic (exact) mass is 213 g/mol. The third kappa shape index (κ3) is 3.58. The van der Waals surface area contributed by atoms with Crippen molar-refractivity contribution >= 4 is 5.78 Å². The number of methoxy groups -OCH3 is 1. The Morgan fingerprint density at radius 1 is 1.60 bits per heavy atom. The molecule has 1 aliphatic rings. The molecule has 3 nitrogen and oxygen atoms in total. The SMILES string of the molecule is CCC(C)N(CCOC)C1CCC(=O)C1. The minimum absolute atomic E-state index is 0.422. The lowest BCUT2D eigenvalue weighted by Crippen LogP contribution is -2.42. The van der Waals surface area contributed by atoms with Gasteiger partial charge in [-0.05, 0) is 19.8 Å². The van der Waals surface area contributed by atoms with E-state index < -0.39 is 0 Å². The summed E-state index contributed by atoms with van der Waals surface area (Å²) in [5.74, 6) is 0.422. The summed E-state index contributed by atoms with van der Waals surface area (Å²) < 4.78 is 5.13. The van der Waals surface area contributed by atoms with E-state index in [0.29, 0.717) is 17.9 Å². The van der Waals surface area contributed by atoms with Crippen LogP contribution in [0, 0.1) is 0 Å². The average molecular weight is 213 g/mol. The molecule has 0 heterocycles. The first kappa shape index (κ1) is 12.7. The van der Waals surface area contributed by atoms with Crippen molar-refractivity contribution in [3.05, 3.63) is 0 Å². The van der Waals surface area contributed by atoms with Crippen LogP contribution in [0.5, 0.6) is 0 Å². The van der Waals surface area contributed by atoms with Crippen LogP contribution in [0.2, 0.25) is 0 Å². The van der Waals surface area contributed by atoms with Gasteiger partial charge in [0.1, 0.15) is 5.78 Å². The number of ether oxygens (including phenoxy) is 1. The smallest absolute Gasteiger partial charge is 0.134 e. The highest BCUT2D eigenvalue weighted by Crippen LogP contribution is 2.23. The Morgan fingerprint density at radius 2 is 2.33 bits per heavy atom. The molecule has 2 atom stereocenters. The molecule has 1 saturated carbocycles. The highest BCUT2D eigenvalue weighted by molar-refractivity contribution is 5.81. The van der Waals surface area contributed by atoms with Gasteiger partial charge in [-0.3, -0.25) is 9.69 Å². The van der Waals surface area contributed by atoms with Gasteiger partial charge in [-0.1, -0.05) is 6.92 Å². The molecule has 0 amide bonds. The zero-order chi connectivity index (χ0) is 11.3. The summed E-state index contributed by atoms with van der Waals surface area (Å²) in [4.78, 5) is 13.7. The van der Waals surface area contributed by atoms with Gasteiger partial charge in [0.25, 0.3) is 0 Å². The highest BCUT2D eigenvalue weighted by atomic mass is 16.5. The summed E-state index contributed by atoms with van der Waals surface area (Å²) >= 11 is 0. The van der Waals surface area contributed by atoms with Crippen molar-refractivity contribution in [2.45, 2.75) is 51.6 Å². The number of hydrogen-bond acceptors (Lipinski definition) is 3. The van der Waals surface area contributed by atoms with Crippen LogP contribution >= 0.6 is 0 Å². The van der Waals surface area contributed by atoms with Gasteiger partial charge in [0, 0.05) is 38.6 Å². The van der Waals surface area contributed by atoms with Crippen molar-refractivity contribution in [1.82, 2.24) is 4.90 Å². The second kappa shape index (κ2) is 6.23. The van der Waals surface area contributed by atoms with Crippen LogP contribution in [0.1, 0.15) is 39.5 Å². The summed E-state index contributed by atoms with van der Waals surface area (Å²) in [5, 5.41) is 0. The van der Waals surface area contributed by atoms with Gasteiger partial charge in [-0.2, -0.15) is 0 Å². The van der Waals surface area contributed by atoms with E-state index >= 15 is 0 Å². The fourth-order valence-corrected chi connectivity index (χ4v) is 2.27. The van der Waals surface area contributed by atoms with E-state index in [2.05, 4.69) is 18.7 Å². The van der Waals surface area contributed by atoms with E-state index in [0.717, 1.165) is 38.8 Å². The second-order valence-corrected chi connectivity index (χ2v) is 4.42. The van der Waals surface area contributed by atoms with E-state index in [9.17, 15) is 4.79 Å². The van der Waals surface area contributed by atoms with E-state index in [1.54, 1.807) is 7.11 Å². The van der Waals surface area contributed by atoms with Crippen molar-refractivity contribution in [3.63, 3.8) is 0 Å². The summed E-state index contributed by atoms with van der Waals surface area (Å²) in [6.07, 6.45) is 3.68. The van der Waals surface area contributed by atoms with E-state index in [1.807, 2.05) is 0 Å². The number of rotatable bonds is 6. The second-order valence-electron chi connectivity index (χ2n) is 4.42. The predicted octanol–water partition coefficient (Wildman–Crippen LogP) is 1.85. The van der Waals surface area contributed by atoms with Gasteiger partial charge in [0.2, 0.25) is 0 Å². The number of Topliss-reactive ketones (excluding diaryl/α,β-unsaturated/α-hetero) is 1. The molecule has 0 N–H and O–H groups in total. The first-order valence-corrected chi connectivity index (χ1v) is 5.95. The summed E-state index contributed by atoms with van der Waals surface area (Å²) in [6.45, 7) is 6.14. The number of carbonyl (C=O) groups excluding carboxylic acids is 1. The highest BCUT2D eigenvalue weighted by Gasteiger charge is 2.29. The third-order valence-electron chi connectivity index (χ3n) is 3.40. The molecule has 88 valence electrons. The molecule has 0 aromatic heterocycles. The molecule has 0 radical (unpaired) electrons. The molecule has 0 aromatic carbocycles. The Labute approximate surface area is 92.8 Å². The maximum atomic E-state index is 11.3. The molecule has 15 heavy (non-hydrogen) atoms. The number of ketones is 1. The summed E-state index contributed by atoms with van der Waals surface area (Å²) in [5.41, 5.74) is 0. The van der Waals surface area contributed by atoms with Crippen molar-refractivity contribution in [3.8, 4) is 0 Å². The van der Waals surface area contributed by atoms with Crippen molar-refractivity contribution in [2.75, 3.05) is 20.3 Å². The van der Waals surface area contributed by atoms with Crippen LogP contribution in [0.3, 0.4) is 0 Å². The zero-order valence-corrected chi connectivity index (χ0v) is 10.2. The van der Waals surface area contributed by atoms with Gasteiger partial charge < -0.3 is 4.74 Å². The molecule has 1 rings (SSSR count). The molecule has 2 unspecified atom stereocenters. The Bertz CT molecular complexity index is 206. The minimum Gasteiger partial charge on any atom is -0.383 e. The molecule has 0 saturated heterocycles. The number of nitrogens with zero attached hydrogens (tertiary/aromatic N) is 1. The molecule has 0 aromatic rings. The topological polar surface area (TPSA) is 29.5 Å². The van der Waals surface area contributed by atoms with Gasteiger partial charge in [-0.25, -0.2) is 0 Å². The quantitative estimate of drug-likeness (QED) is 0.674. The fraction of sp³-hybridized carbons (Fsp3) is 0.917. The first-order chi connectivity index (χ1) is 7.19. The largest absolute Gasteiger partial charge is 0.383 e. The van der Waals surface area contributed by atoms with Gasteiger partial charge in [0.15, 0.2) is 0 Å². The Kier molecular flexibility index (Phi) is 5.26. The van der Waals surface area contributed by atoms with Crippen LogP contribution in [-0.4, -0.2) is 43.0 Å². The molecule has 1 fully saturated rings. The van der Waals surface area contributed by atoms with Crippen molar-refractivity contribution < 1.29 is 9.53 Å². The zero-order valence-electron chi connectivity index (χ0n) is 10.2. The molecule has 3 heteroatoms. The summed E-state index contributed by atoms with van der Waals surface area (Å²) in [6, 6.07) is 1.01. The third-order valence-corrected chi connectivity index (χ3v) is 3.40. The van der Waals surface area contributed by atoms with Gasteiger partial charge in [0.05, 0.1) is 6.61 Å². The average Bonchev–Trinajstić information content (AvgIpc) is 2.65. The van der Waals surface area contributed by atoms with E-state index in [4.69, 9.17) is 4.74 Å². The summed E-state index contributed by atoms with van der Waals surface area (Å²) in [7, 11) is 1.73. The standard InChI is InChI=1S/C12H23NO2/c1-4-10(2)13(7-8-15-3)11-5-6-12(14)9-11/h10-11H,4-9H2,1-3H3. The minimum atomic E-state index is 0.422. The Hall–Kier alpha value is -0.410. The lowest BCUT2D eigenvalue weighted by molar-refractivity contribution is -0.117. The predicted molar refractivity (Wildman–Crippen MR) is 61.0 cm³/mol. The van der Waals surface area contributed by atoms with Crippen LogP contribution < -0.4 is 0 Å². The fourth-order valence-electron chi connectivity index (χ4n) is 2.27. The van der Waals surface area contributed by atoms with Crippen LogP contribution in [0.25, 0.3) is 0 Å². The van der Waals surface area contributed by atoms with Crippen molar-refractivity contribution in [1.29, 1.82) is 0 Å². The lowest BCUT2D eigenvalue weighted by Gasteiger charge is -2.33. The maximum absolute atomic E-state index is 11.3. The molecule has 1 aliphatic carbocycles. The normalized spacial score (nSPS) is 23.7. The first-order valence-electron chi connectivity index (χ1n) is 5.95. The van der Waals surface area contributed by atoms with Gasteiger partial charge in [-0.15, -0.1) is 0 Å². The Morgan fingerprint density at radius 3 is 2.80 bits per heavy atom. The van der Waals surface area contributed by atoms with Crippen LogP contribution in [0.15, 0.2) is 0 Å². The molecule has 0 spiro atoms. The van der Waals surface area contributed by atoms with Gasteiger partial charge >= 0.3 is 0 Å². The molecule has 0 bridgehead atoms. The van der Waals surface area contributed by atoms with Crippen molar-refractivity contribution in [2.24, 2.45) is 0 Å². The molecular formula is C12H23NO2. The lowest BCUT2D eigenvalue weighted by atomic mass is 10.1. The molecule has 0 aliphatic heterocycles.